The van der Waals surface area contributed by atoms with Crippen molar-refractivity contribution in [3.8, 4) is 5.69 Å². The molecule has 10 nitrogen and oxygen atoms in total. The van der Waals surface area contributed by atoms with Crippen molar-refractivity contribution in [3.05, 3.63) is 81.7 Å². The van der Waals surface area contributed by atoms with Crippen molar-refractivity contribution < 1.29 is 0 Å². The summed E-state index contributed by atoms with van der Waals surface area (Å²) in [7, 11) is 0. The lowest BCUT2D eigenvalue weighted by atomic mass is 10.2. The fourth-order valence-corrected chi connectivity index (χ4v) is 3.69. The summed E-state index contributed by atoms with van der Waals surface area (Å²) in [4.78, 5) is 21.8. The molecule has 0 radical (unpaired) electrons. The van der Waals surface area contributed by atoms with Gasteiger partial charge in [0.25, 0.3) is 0 Å². The minimum absolute atomic E-state index is 0.300. The number of H-pyrrole nitrogens is 2. The van der Waals surface area contributed by atoms with E-state index < -0.39 is 0 Å². The first-order chi connectivity index (χ1) is 16.1. The van der Waals surface area contributed by atoms with E-state index in [9.17, 15) is 4.79 Å². The summed E-state index contributed by atoms with van der Waals surface area (Å²) in [6.45, 7) is 3.87. The van der Waals surface area contributed by atoms with E-state index in [-0.39, 0.29) is 5.69 Å². The molecule has 1 aliphatic rings. The van der Waals surface area contributed by atoms with Crippen LogP contribution in [0.15, 0.2) is 59.8 Å². The number of aromatic amines is 2. The minimum atomic E-state index is -0.300. The normalized spacial score (nSPS) is 14.1. The Bertz CT molecular complexity index is 1620. The van der Waals surface area contributed by atoms with Crippen LogP contribution in [0, 0.1) is 0 Å². The number of aromatic nitrogens is 7. The summed E-state index contributed by atoms with van der Waals surface area (Å²) >= 11 is 0. The summed E-state index contributed by atoms with van der Waals surface area (Å²) < 4.78 is 3.59. The number of anilines is 3. The number of nitrogens with one attached hydrogen (secondary N) is 4. The molecule has 0 aliphatic heterocycles. The second-order valence-electron chi connectivity index (χ2n) is 8.02. The Hall–Kier alpha value is -4.60. The molecule has 1 saturated carbocycles. The fraction of sp³-hybridized carbons (Fsp3) is 0.130. The summed E-state index contributed by atoms with van der Waals surface area (Å²) in [5.41, 5.74) is 2.96. The standard InChI is InChI=1S/C23H21N9O/c1-14-19(29-23(33)26-14)10-15-13-25-32-21(28-16-6-7-16)12-20(30-22(15)32)27-17-4-2-5-18(11-17)31-9-3-8-24-31/h2-5,8-13,16,28H,1,6-7H2,(H,27,30)(H2,26,29,33)/b19-10-. The van der Waals surface area contributed by atoms with Crippen LogP contribution in [0.25, 0.3) is 24.0 Å². The van der Waals surface area contributed by atoms with Crippen LogP contribution in [0.1, 0.15) is 18.4 Å². The second kappa shape index (κ2) is 7.52. The van der Waals surface area contributed by atoms with Gasteiger partial charge >= 0.3 is 5.69 Å². The highest BCUT2D eigenvalue weighted by Gasteiger charge is 2.23. The van der Waals surface area contributed by atoms with Gasteiger partial charge < -0.3 is 20.6 Å². The minimum Gasteiger partial charge on any atom is -0.367 e. The Morgan fingerprint density at radius 3 is 2.82 bits per heavy atom. The van der Waals surface area contributed by atoms with Crippen molar-refractivity contribution in [2.75, 3.05) is 10.6 Å². The van der Waals surface area contributed by atoms with E-state index >= 15 is 0 Å². The third kappa shape index (κ3) is 3.78. The van der Waals surface area contributed by atoms with Crippen LogP contribution in [0.2, 0.25) is 0 Å². The number of benzene rings is 1. The average molecular weight is 439 g/mol. The zero-order valence-corrected chi connectivity index (χ0v) is 17.6. The smallest absolute Gasteiger partial charge is 0.323 e. The first-order valence-electron chi connectivity index (χ1n) is 10.6. The number of fused-ring (bicyclic) bond motifs is 1. The van der Waals surface area contributed by atoms with E-state index in [1.54, 1.807) is 21.6 Å². The van der Waals surface area contributed by atoms with Gasteiger partial charge in [0.1, 0.15) is 11.6 Å². The van der Waals surface area contributed by atoms with Crippen molar-refractivity contribution in [1.29, 1.82) is 0 Å². The number of hydrogen-bond donors (Lipinski definition) is 4. The van der Waals surface area contributed by atoms with Gasteiger partial charge in [0, 0.05) is 35.8 Å². The van der Waals surface area contributed by atoms with E-state index in [1.807, 2.05) is 48.7 Å². The lowest BCUT2D eigenvalue weighted by Gasteiger charge is -2.12. The third-order valence-corrected chi connectivity index (χ3v) is 5.45. The van der Waals surface area contributed by atoms with Gasteiger partial charge in [0.05, 0.1) is 22.6 Å². The maximum absolute atomic E-state index is 11.6. The number of hydrogen-bond acceptors (Lipinski definition) is 6. The van der Waals surface area contributed by atoms with Gasteiger partial charge in [-0.05, 0) is 43.2 Å². The van der Waals surface area contributed by atoms with Crippen LogP contribution in [0.3, 0.4) is 0 Å². The average Bonchev–Trinajstić information content (AvgIpc) is 3.17. The molecule has 0 unspecified atom stereocenters. The number of imidazole rings is 1. The van der Waals surface area contributed by atoms with Crippen LogP contribution in [0.5, 0.6) is 0 Å². The Morgan fingerprint density at radius 2 is 2.06 bits per heavy atom. The van der Waals surface area contributed by atoms with Gasteiger partial charge in [0.2, 0.25) is 0 Å². The van der Waals surface area contributed by atoms with Crippen LogP contribution in [0.4, 0.5) is 17.3 Å². The summed E-state index contributed by atoms with van der Waals surface area (Å²) in [5.74, 6) is 1.53. The maximum Gasteiger partial charge on any atom is 0.323 e. The monoisotopic (exact) mass is 439 g/mol. The fourth-order valence-electron chi connectivity index (χ4n) is 3.69. The van der Waals surface area contributed by atoms with Gasteiger partial charge in [0.15, 0.2) is 5.65 Å². The molecule has 4 N–H and O–H groups in total. The molecule has 6 rings (SSSR count). The predicted octanol–water partition coefficient (Wildman–Crippen LogP) is 1.49. The molecule has 164 valence electrons. The third-order valence-electron chi connectivity index (χ3n) is 5.45. The summed E-state index contributed by atoms with van der Waals surface area (Å²) in [5, 5.41) is 16.9. The lowest BCUT2D eigenvalue weighted by molar-refractivity contribution is 0.881. The zero-order chi connectivity index (χ0) is 22.4. The molecule has 1 fully saturated rings. The van der Waals surface area contributed by atoms with Gasteiger partial charge in [-0.15, -0.1) is 0 Å². The molecule has 1 aliphatic carbocycles. The van der Waals surface area contributed by atoms with Gasteiger partial charge in [-0.25, -0.2) is 14.5 Å². The van der Waals surface area contributed by atoms with E-state index in [1.165, 1.54) is 0 Å². The molecule has 1 aromatic carbocycles. The lowest BCUT2D eigenvalue weighted by Crippen LogP contribution is -2.22. The van der Waals surface area contributed by atoms with Crippen LogP contribution < -0.4 is 27.0 Å². The van der Waals surface area contributed by atoms with Crippen molar-refractivity contribution in [2.24, 2.45) is 0 Å². The Morgan fingerprint density at radius 1 is 1.15 bits per heavy atom. The highest BCUT2D eigenvalue weighted by Crippen LogP contribution is 2.28. The van der Waals surface area contributed by atoms with Crippen LogP contribution in [-0.4, -0.2) is 40.4 Å². The molecule has 10 heteroatoms. The molecule has 0 amide bonds. The molecule has 0 saturated heterocycles. The first-order valence-corrected chi connectivity index (χ1v) is 10.6. The maximum atomic E-state index is 11.6. The van der Waals surface area contributed by atoms with Crippen LogP contribution in [-0.2, 0) is 0 Å². The van der Waals surface area contributed by atoms with Crippen molar-refractivity contribution in [2.45, 2.75) is 18.9 Å². The Labute approximate surface area is 187 Å². The predicted molar refractivity (Wildman–Crippen MR) is 126 cm³/mol. The van der Waals surface area contributed by atoms with E-state index in [0.29, 0.717) is 28.2 Å². The van der Waals surface area contributed by atoms with Gasteiger partial charge in [-0.2, -0.15) is 14.7 Å². The van der Waals surface area contributed by atoms with Crippen molar-refractivity contribution in [3.63, 3.8) is 0 Å². The summed E-state index contributed by atoms with van der Waals surface area (Å²) in [6, 6.07) is 12.2. The molecule has 0 spiro atoms. The number of nitrogens with zero attached hydrogens (tertiary/aromatic N) is 5. The van der Waals surface area contributed by atoms with Crippen LogP contribution >= 0.6 is 0 Å². The molecule has 33 heavy (non-hydrogen) atoms. The second-order valence-corrected chi connectivity index (χ2v) is 8.02. The van der Waals surface area contributed by atoms with E-state index in [2.05, 4.69) is 37.4 Å². The molecular weight excluding hydrogens is 418 g/mol. The molecule has 0 bridgehead atoms. The SMILES string of the molecule is C=c1[nH]c(=O)[nH]/c1=C\c1cnn2c(NC3CC3)cc(Nc3cccc(-n4cccn4)c3)nc12. The largest absolute Gasteiger partial charge is 0.367 e. The van der Waals surface area contributed by atoms with Crippen molar-refractivity contribution in [1.82, 2.24) is 34.3 Å². The van der Waals surface area contributed by atoms with E-state index in [0.717, 1.165) is 35.6 Å². The molecule has 4 heterocycles. The molecule has 4 aromatic heterocycles. The van der Waals surface area contributed by atoms with Gasteiger partial charge in [-0.3, -0.25) is 0 Å². The zero-order valence-electron chi connectivity index (χ0n) is 17.6. The number of rotatable bonds is 6. The highest BCUT2D eigenvalue weighted by molar-refractivity contribution is 5.71. The van der Waals surface area contributed by atoms with E-state index in [4.69, 9.17) is 4.98 Å². The molecule has 0 atom stereocenters. The quantitative estimate of drug-likeness (QED) is 0.318. The van der Waals surface area contributed by atoms with Gasteiger partial charge in [-0.1, -0.05) is 12.6 Å². The first kappa shape index (κ1) is 19.1. The Kier molecular flexibility index (Phi) is 4.35. The molecule has 5 aromatic rings. The van der Waals surface area contributed by atoms with Crippen molar-refractivity contribution >= 4 is 35.6 Å². The Balaban J connectivity index is 1.43. The topological polar surface area (TPSA) is 121 Å². The molecular formula is C23H21N9O. The highest BCUT2D eigenvalue weighted by atomic mass is 16.1. The summed E-state index contributed by atoms with van der Waals surface area (Å²) in [6.07, 6.45) is 9.46.